The molecule has 2 rings (SSSR count). The van der Waals surface area contributed by atoms with Crippen molar-refractivity contribution in [3.8, 4) is 0 Å². The van der Waals surface area contributed by atoms with E-state index < -0.39 is 15.2 Å². The number of halogens is 1. The van der Waals surface area contributed by atoms with Gasteiger partial charge in [-0.2, -0.15) is 0 Å². The van der Waals surface area contributed by atoms with Gasteiger partial charge in [0, 0.05) is 13.1 Å². The van der Waals surface area contributed by atoms with Gasteiger partial charge in [-0.15, -0.1) is 11.6 Å². The average Bonchev–Trinajstić information content (AvgIpc) is 2.40. The number of nitrogens with zero attached hydrogens (tertiary/aromatic N) is 2. The maximum atomic E-state index is 11.3. The van der Waals surface area contributed by atoms with E-state index in [0.29, 0.717) is 5.69 Å². The predicted molar refractivity (Wildman–Crippen MR) is 73.6 cm³/mol. The molecule has 0 radical (unpaired) electrons. The van der Waals surface area contributed by atoms with Crippen LogP contribution >= 0.6 is 11.6 Å². The number of sulfonamides is 1. The highest BCUT2D eigenvalue weighted by atomic mass is 35.5. The van der Waals surface area contributed by atoms with Crippen LogP contribution in [0.4, 0.5) is 11.5 Å². The molecule has 0 spiro atoms. The Balaban J connectivity index is 2.05. The molecule has 7 heteroatoms. The second-order valence-corrected chi connectivity index (χ2v) is 6.59. The number of hydrogen-bond donors (Lipinski definition) is 1. The van der Waals surface area contributed by atoms with Gasteiger partial charge in [0.05, 0.1) is 11.9 Å². The van der Waals surface area contributed by atoms with E-state index in [1.165, 1.54) is 25.5 Å². The minimum absolute atomic E-state index is 0.441. The SMILES string of the molecule is O=S(=O)(CCl)Nc1ccc(N2CCCCC2)nc1. The molecule has 0 aliphatic carbocycles. The van der Waals surface area contributed by atoms with Gasteiger partial charge in [0.2, 0.25) is 10.0 Å². The molecule has 0 atom stereocenters. The van der Waals surface area contributed by atoms with Crippen LogP contribution in [0.3, 0.4) is 0 Å². The minimum Gasteiger partial charge on any atom is -0.357 e. The van der Waals surface area contributed by atoms with E-state index in [1.54, 1.807) is 6.07 Å². The molecule has 0 bridgehead atoms. The smallest absolute Gasteiger partial charge is 0.246 e. The molecular formula is C11H16ClN3O2S. The fraction of sp³-hybridized carbons (Fsp3) is 0.545. The van der Waals surface area contributed by atoms with Gasteiger partial charge in [-0.1, -0.05) is 0 Å². The predicted octanol–water partition coefficient (Wildman–Crippen LogP) is 2.01. The van der Waals surface area contributed by atoms with Crippen molar-refractivity contribution < 1.29 is 8.42 Å². The van der Waals surface area contributed by atoms with Crippen LogP contribution in [0.5, 0.6) is 0 Å². The van der Waals surface area contributed by atoms with Crippen molar-refractivity contribution in [2.45, 2.75) is 19.3 Å². The van der Waals surface area contributed by atoms with Crippen LogP contribution < -0.4 is 9.62 Å². The fourth-order valence-electron chi connectivity index (χ4n) is 1.96. The summed E-state index contributed by atoms with van der Waals surface area (Å²) >= 11 is 5.32. The lowest BCUT2D eigenvalue weighted by molar-refractivity contribution is 0.573. The van der Waals surface area contributed by atoms with Gasteiger partial charge in [-0.25, -0.2) is 13.4 Å². The van der Waals surface area contributed by atoms with Crippen LogP contribution in [0.25, 0.3) is 0 Å². The Morgan fingerprint density at radius 3 is 2.56 bits per heavy atom. The topological polar surface area (TPSA) is 62.3 Å². The molecule has 0 saturated carbocycles. The van der Waals surface area contributed by atoms with Crippen LogP contribution in [0.1, 0.15) is 19.3 Å². The number of anilines is 2. The second kappa shape index (κ2) is 5.75. The molecule has 5 nitrogen and oxygen atoms in total. The number of nitrogens with one attached hydrogen (secondary N) is 1. The number of piperidine rings is 1. The monoisotopic (exact) mass is 289 g/mol. The first-order valence-corrected chi connectivity index (χ1v) is 8.07. The normalized spacial score (nSPS) is 16.6. The molecule has 100 valence electrons. The first-order chi connectivity index (χ1) is 8.61. The third-order valence-electron chi connectivity index (χ3n) is 2.84. The van der Waals surface area contributed by atoms with E-state index in [9.17, 15) is 8.42 Å². The molecule has 1 fully saturated rings. The second-order valence-electron chi connectivity index (χ2n) is 4.28. The summed E-state index contributed by atoms with van der Waals surface area (Å²) in [6, 6.07) is 3.54. The van der Waals surface area contributed by atoms with Crippen LogP contribution in [-0.4, -0.2) is 31.7 Å². The lowest BCUT2D eigenvalue weighted by Crippen LogP contribution is -2.30. The number of hydrogen-bond acceptors (Lipinski definition) is 4. The maximum Gasteiger partial charge on any atom is 0.246 e. The van der Waals surface area contributed by atoms with Gasteiger partial charge in [-0.3, -0.25) is 4.72 Å². The molecule has 1 aliphatic heterocycles. The zero-order chi connectivity index (χ0) is 13.0. The molecule has 18 heavy (non-hydrogen) atoms. The molecule has 1 aliphatic rings. The summed E-state index contributed by atoms with van der Waals surface area (Å²) in [6.45, 7) is 2.03. The van der Waals surface area contributed by atoms with E-state index in [4.69, 9.17) is 11.6 Å². The summed E-state index contributed by atoms with van der Waals surface area (Å²) in [5, 5.41) is -0.457. The van der Waals surface area contributed by atoms with Crippen molar-refractivity contribution in [1.82, 2.24) is 4.98 Å². The van der Waals surface area contributed by atoms with Crippen molar-refractivity contribution in [1.29, 1.82) is 0 Å². The molecule has 1 aromatic heterocycles. The first kappa shape index (κ1) is 13.4. The highest BCUT2D eigenvalue weighted by molar-refractivity contribution is 7.93. The summed E-state index contributed by atoms with van der Waals surface area (Å²) in [5.41, 5.74) is 0.441. The molecule has 1 aromatic rings. The number of rotatable bonds is 4. The average molecular weight is 290 g/mol. The van der Waals surface area contributed by atoms with Gasteiger partial charge < -0.3 is 4.90 Å². The summed E-state index contributed by atoms with van der Waals surface area (Å²) in [4.78, 5) is 6.49. The van der Waals surface area contributed by atoms with Crippen molar-refractivity contribution in [3.63, 3.8) is 0 Å². The van der Waals surface area contributed by atoms with E-state index in [0.717, 1.165) is 18.9 Å². The molecule has 0 unspecified atom stereocenters. The largest absolute Gasteiger partial charge is 0.357 e. The lowest BCUT2D eigenvalue weighted by atomic mass is 10.1. The van der Waals surface area contributed by atoms with E-state index in [-0.39, 0.29) is 0 Å². The molecule has 1 N–H and O–H groups in total. The lowest BCUT2D eigenvalue weighted by Gasteiger charge is -2.27. The Labute approximate surface area is 112 Å². The highest BCUT2D eigenvalue weighted by Crippen LogP contribution is 2.19. The number of pyridine rings is 1. The fourth-order valence-corrected chi connectivity index (χ4v) is 2.66. The quantitative estimate of drug-likeness (QED) is 0.861. The minimum atomic E-state index is -3.45. The van der Waals surface area contributed by atoms with Gasteiger partial charge in [0.1, 0.15) is 11.0 Å². The molecule has 1 saturated heterocycles. The summed E-state index contributed by atoms with van der Waals surface area (Å²) in [7, 11) is -3.45. The van der Waals surface area contributed by atoms with Crippen LogP contribution in [0.15, 0.2) is 18.3 Å². The number of aromatic nitrogens is 1. The van der Waals surface area contributed by atoms with E-state index >= 15 is 0 Å². The zero-order valence-electron chi connectivity index (χ0n) is 9.97. The van der Waals surface area contributed by atoms with Gasteiger partial charge in [0.15, 0.2) is 0 Å². The third kappa shape index (κ3) is 3.49. The molecular weight excluding hydrogens is 274 g/mol. The van der Waals surface area contributed by atoms with Crippen molar-refractivity contribution in [2.24, 2.45) is 0 Å². The van der Waals surface area contributed by atoms with Gasteiger partial charge in [0.25, 0.3) is 0 Å². The number of alkyl halides is 1. The standard InChI is InChI=1S/C11H16ClN3O2S/c12-9-18(16,17)14-10-4-5-11(13-8-10)15-6-2-1-3-7-15/h4-5,8,14H,1-3,6-7,9H2. The Morgan fingerprint density at radius 2 is 2.00 bits per heavy atom. The maximum absolute atomic E-state index is 11.3. The van der Waals surface area contributed by atoms with Crippen molar-refractivity contribution >= 4 is 33.1 Å². The molecule has 0 aromatic carbocycles. The Kier molecular flexibility index (Phi) is 4.29. The first-order valence-electron chi connectivity index (χ1n) is 5.88. The Bertz CT molecular complexity index is 484. The Hall–Kier alpha value is -1.01. The molecule has 0 amide bonds. The summed E-state index contributed by atoms with van der Waals surface area (Å²) < 4.78 is 24.9. The highest BCUT2D eigenvalue weighted by Gasteiger charge is 2.13. The zero-order valence-corrected chi connectivity index (χ0v) is 11.5. The van der Waals surface area contributed by atoms with E-state index in [1.807, 2.05) is 6.07 Å². The van der Waals surface area contributed by atoms with Crippen LogP contribution in [0, 0.1) is 0 Å². The Morgan fingerprint density at radius 1 is 1.28 bits per heavy atom. The summed E-state index contributed by atoms with van der Waals surface area (Å²) in [5.74, 6) is 0.892. The summed E-state index contributed by atoms with van der Waals surface area (Å²) in [6.07, 6.45) is 5.16. The van der Waals surface area contributed by atoms with Crippen molar-refractivity contribution in [2.75, 3.05) is 27.9 Å². The third-order valence-corrected chi connectivity index (χ3v) is 4.54. The van der Waals surface area contributed by atoms with Crippen LogP contribution in [-0.2, 0) is 10.0 Å². The van der Waals surface area contributed by atoms with Crippen LogP contribution in [0.2, 0.25) is 0 Å². The van der Waals surface area contributed by atoms with Gasteiger partial charge in [-0.05, 0) is 31.4 Å². The van der Waals surface area contributed by atoms with E-state index in [2.05, 4.69) is 14.6 Å². The van der Waals surface area contributed by atoms with Gasteiger partial charge >= 0.3 is 0 Å². The van der Waals surface area contributed by atoms with Crippen molar-refractivity contribution in [3.05, 3.63) is 18.3 Å². The molecule has 2 heterocycles.